The van der Waals surface area contributed by atoms with Crippen LogP contribution in [0.5, 0.6) is 0 Å². The van der Waals surface area contributed by atoms with Crippen LogP contribution in [0.1, 0.15) is 56.6 Å². The molecular formula is C25H30Cl2N2O2. The number of nitrogens with one attached hydrogen (secondary N) is 1. The number of hydrogen-bond donors (Lipinski definition) is 1. The van der Waals surface area contributed by atoms with Crippen molar-refractivity contribution in [2.45, 2.75) is 70.5 Å². The second-order valence-corrected chi connectivity index (χ2v) is 8.94. The number of benzene rings is 2. The maximum atomic E-state index is 13.5. The Hall–Kier alpha value is -2.04. The first-order valence-electron chi connectivity index (χ1n) is 11.1. The normalized spacial score (nSPS) is 15.3. The minimum Gasteiger partial charge on any atom is -0.352 e. The van der Waals surface area contributed by atoms with Crippen molar-refractivity contribution in [2.75, 3.05) is 0 Å². The average Bonchev–Trinajstić information content (AvgIpc) is 2.78. The molecule has 0 heterocycles. The Kier molecular flexibility index (Phi) is 8.79. The summed E-state index contributed by atoms with van der Waals surface area (Å²) < 4.78 is 0. The topological polar surface area (TPSA) is 49.4 Å². The van der Waals surface area contributed by atoms with Gasteiger partial charge in [0.05, 0.1) is 0 Å². The number of carbonyl (C=O) groups excluding carboxylic acids is 2. The van der Waals surface area contributed by atoms with Gasteiger partial charge in [-0.3, -0.25) is 9.59 Å². The molecule has 1 atom stereocenters. The van der Waals surface area contributed by atoms with Gasteiger partial charge in [-0.2, -0.15) is 0 Å². The highest BCUT2D eigenvalue weighted by Gasteiger charge is 2.32. The second kappa shape index (κ2) is 11.5. The van der Waals surface area contributed by atoms with E-state index in [9.17, 15) is 9.59 Å². The Morgan fingerprint density at radius 3 is 2.26 bits per heavy atom. The molecule has 2 aromatic carbocycles. The van der Waals surface area contributed by atoms with E-state index < -0.39 is 6.04 Å². The third-order valence-electron chi connectivity index (χ3n) is 5.92. The first-order valence-corrected chi connectivity index (χ1v) is 11.8. The van der Waals surface area contributed by atoms with Crippen LogP contribution in [0.3, 0.4) is 0 Å². The molecule has 3 rings (SSSR count). The number of carbonyl (C=O) groups is 2. The van der Waals surface area contributed by atoms with Crippen molar-refractivity contribution in [1.82, 2.24) is 10.2 Å². The number of amides is 2. The molecule has 0 aromatic heterocycles. The van der Waals surface area contributed by atoms with E-state index in [0.717, 1.165) is 31.2 Å². The monoisotopic (exact) mass is 460 g/mol. The van der Waals surface area contributed by atoms with Gasteiger partial charge in [0.2, 0.25) is 11.8 Å². The molecule has 0 unspecified atom stereocenters. The minimum atomic E-state index is -0.635. The highest BCUT2D eigenvalue weighted by molar-refractivity contribution is 6.36. The third kappa shape index (κ3) is 6.47. The lowest BCUT2D eigenvalue weighted by molar-refractivity contribution is -0.141. The molecule has 2 amide bonds. The summed E-state index contributed by atoms with van der Waals surface area (Å²) in [6, 6.07) is 14.6. The Bertz CT molecular complexity index is 862. The first kappa shape index (κ1) is 23.6. The fourth-order valence-electron chi connectivity index (χ4n) is 4.16. The summed E-state index contributed by atoms with van der Waals surface area (Å²) in [5, 5.41) is 4.20. The Morgan fingerprint density at radius 2 is 1.65 bits per heavy atom. The summed E-state index contributed by atoms with van der Waals surface area (Å²) >= 11 is 12.8. The largest absolute Gasteiger partial charge is 0.352 e. The Labute approximate surface area is 194 Å². The van der Waals surface area contributed by atoms with Crippen LogP contribution in [-0.4, -0.2) is 28.8 Å². The fourth-order valence-corrected chi connectivity index (χ4v) is 4.67. The van der Waals surface area contributed by atoms with Gasteiger partial charge < -0.3 is 10.2 Å². The molecule has 31 heavy (non-hydrogen) atoms. The maximum Gasteiger partial charge on any atom is 0.243 e. The SMILES string of the molecule is CCC(=O)N(Cc1c(Cl)cccc1Cl)[C@H](Cc1ccccc1)C(=O)NC1CCCCC1. The lowest BCUT2D eigenvalue weighted by atomic mass is 9.94. The van der Waals surface area contributed by atoms with Crippen molar-refractivity contribution in [2.24, 2.45) is 0 Å². The first-order chi connectivity index (χ1) is 15.0. The highest BCUT2D eigenvalue weighted by Crippen LogP contribution is 2.27. The van der Waals surface area contributed by atoms with Gasteiger partial charge in [-0.1, -0.05) is 85.8 Å². The van der Waals surface area contributed by atoms with Crippen LogP contribution < -0.4 is 5.32 Å². The van der Waals surface area contributed by atoms with Gasteiger partial charge in [0.25, 0.3) is 0 Å². The van der Waals surface area contributed by atoms with Crippen LogP contribution in [0.2, 0.25) is 10.0 Å². The molecule has 1 saturated carbocycles. The van der Waals surface area contributed by atoms with E-state index in [1.807, 2.05) is 37.3 Å². The molecule has 166 valence electrons. The van der Waals surface area contributed by atoms with Crippen LogP contribution in [0.25, 0.3) is 0 Å². The van der Waals surface area contributed by atoms with E-state index in [-0.39, 0.29) is 24.4 Å². The zero-order chi connectivity index (χ0) is 22.2. The van der Waals surface area contributed by atoms with Crippen molar-refractivity contribution in [1.29, 1.82) is 0 Å². The maximum absolute atomic E-state index is 13.5. The molecule has 2 aromatic rings. The third-order valence-corrected chi connectivity index (χ3v) is 6.62. The number of hydrogen-bond acceptors (Lipinski definition) is 2. The zero-order valence-electron chi connectivity index (χ0n) is 17.9. The van der Waals surface area contributed by atoms with Crippen LogP contribution >= 0.6 is 23.2 Å². The Morgan fingerprint density at radius 1 is 1.00 bits per heavy atom. The molecule has 4 nitrogen and oxygen atoms in total. The van der Waals surface area contributed by atoms with Crippen molar-refractivity contribution in [3.8, 4) is 0 Å². The summed E-state index contributed by atoms with van der Waals surface area (Å²) in [5.41, 5.74) is 1.67. The molecule has 0 bridgehead atoms. The van der Waals surface area contributed by atoms with Crippen molar-refractivity contribution in [3.05, 3.63) is 69.7 Å². The molecule has 0 saturated heterocycles. The average molecular weight is 461 g/mol. The summed E-state index contributed by atoms with van der Waals surface area (Å²) in [6.45, 7) is 2.00. The number of halogens is 2. The lowest BCUT2D eigenvalue weighted by Gasteiger charge is -2.33. The van der Waals surface area contributed by atoms with Crippen LogP contribution in [0.15, 0.2) is 48.5 Å². The zero-order valence-corrected chi connectivity index (χ0v) is 19.5. The van der Waals surface area contributed by atoms with Gasteiger partial charge in [0, 0.05) is 41.0 Å². The molecule has 0 spiro atoms. The molecule has 6 heteroatoms. The standard InChI is InChI=1S/C25H30Cl2N2O2/c1-2-24(30)29(17-20-21(26)14-9-15-22(20)27)23(16-18-10-5-3-6-11-18)25(31)28-19-12-7-4-8-13-19/h3,5-6,9-11,14-15,19,23H,2,4,7-8,12-13,16-17H2,1H3,(H,28,31)/t23-/m1/s1. The van der Waals surface area contributed by atoms with E-state index in [0.29, 0.717) is 28.5 Å². The molecule has 0 radical (unpaired) electrons. The molecule has 1 N–H and O–H groups in total. The van der Waals surface area contributed by atoms with Gasteiger partial charge in [-0.15, -0.1) is 0 Å². The molecular weight excluding hydrogens is 431 g/mol. The van der Waals surface area contributed by atoms with Crippen LogP contribution in [-0.2, 0) is 22.6 Å². The van der Waals surface area contributed by atoms with Gasteiger partial charge >= 0.3 is 0 Å². The van der Waals surface area contributed by atoms with E-state index in [4.69, 9.17) is 23.2 Å². The predicted molar refractivity (Wildman–Crippen MR) is 126 cm³/mol. The van der Waals surface area contributed by atoms with Gasteiger partial charge in [0.1, 0.15) is 6.04 Å². The molecule has 1 aliphatic rings. The summed E-state index contributed by atoms with van der Waals surface area (Å²) in [4.78, 5) is 28.1. The lowest BCUT2D eigenvalue weighted by Crippen LogP contribution is -2.52. The highest BCUT2D eigenvalue weighted by atomic mass is 35.5. The quantitative estimate of drug-likeness (QED) is 0.541. The molecule has 0 aliphatic heterocycles. The molecule has 1 fully saturated rings. The van der Waals surface area contributed by atoms with Gasteiger partial charge in [-0.05, 0) is 30.5 Å². The van der Waals surface area contributed by atoms with E-state index in [2.05, 4.69) is 5.32 Å². The predicted octanol–water partition coefficient (Wildman–Crippen LogP) is 5.79. The van der Waals surface area contributed by atoms with Crippen LogP contribution in [0.4, 0.5) is 0 Å². The van der Waals surface area contributed by atoms with E-state index in [1.54, 1.807) is 23.1 Å². The molecule has 1 aliphatic carbocycles. The second-order valence-electron chi connectivity index (χ2n) is 8.12. The van der Waals surface area contributed by atoms with Gasteiger partial charge in [0.15, 0.2) is 0 Å². The van der Waals surface area contributed by atoms with Crippen molar-refractivity contribution in [3.63, 3.8) is 0 Å². The number of nitrogens with zero attached hydrogens (tertiary/aromatic N) is 1. The fraction of sp³-hybridized carbons (Fsp3) is 0.440. The summed E-state index contributed by atoms with van der Waals surface area (Å²) in [5.74, 6) is -0.212. The van der Waals surface area contributed by atoms with E-state index in [1.165, 1.54) is 6.42 Å². The minimum absolute atomic E-state index is 0.101. The van der Waals surface area contributed by atoms with Crippen LogP contribution in [0, 0.1) is 0 Å². The summed E-state index contributed by atoms with van der Waals surface area (Å²) in [6.07, 6.45) is 6.18. The van der Waals surface area contributed by atoms with Crippen molar-refractivity contribution >= 4 is 35.0 Å². The van der Waals surface area contributed by atoms with Crippen molar-refractivity contribution < 1.29 is 9.59 Å². The van der Waals surface area contributed by atoms with E-state index >= 15 is 0 Å². The van der Waals surface area contributed by atoms with Gasteiger partial charge in [-0.25, -0.2) is 0 Å². The number of rotatable bonds is 8. The smallest absolute Gasteiger partial charge is 0.243 e. The summed E-state index contributed by atoms with van der Waals surface area (Å²) in [7, 11) is 0. The Balaban J connectivity index is 1.91.